The van der Waals surface area contributed by atoms with Gasteiger partial charge >= 0.3 is 0 Å². The Bertz CT molecular complexity index is 1290. The van der Waals surface area contributed by atoms with Gasteiger partial charge in [-0.25, -0.2) is 0 Å². The Kier molecular flexibility index (Phi) is 15.0. The van der Waals surface area contributed by atoms with Crippen molar-refractivity contribution in [2.24, 2.45) is 28.6 Å². The van der Waals surface area contributed by atoms with Crippen LogP contribution >= 0.6 is 0 Å². The quantitative estimate of drug-likeness (QED) is 0.0614. The van der Waals surface area contributed by atoms with E-state index in [2.05, 4.69) is 27.4 Å². The van der Waals surface area contributed by atoms with Gasteiger partial charge in [0.25, 0.3) is 6.29 Å². The molecule has 1 aliphatic heterocycles. The Morgan fingerprint density at radius 3 is 2.06 bits per heavy atom. The van der Waals surface area contributed by atoms with E-state index < -0.39 is 117 Å². The maximum Gasteiger partial charge on any atom is 0.259 e. The van der Waals surface area contributed by atoms with Gasteiger partial charge in [0, 0.05) is 26.1 Å². The van der Waals surface area contributed by atoms with Crippen LogP contribution in [0.4, 0.5) is 0 Å². The van der Waals surface area contributed by atoms with Crippen molar-refractivity contribution < 1.29 is 80.2 Å². The Labute approximate surface area is 310 Å². The molecule has 16 nitrogen and oxygen atoms in total. The fourth-order valence-corrected chi connectivity index (χ4v) is 9.57. The van der Waals surface area contributed by atoms with Gasteiger partial charge in [-0.2, -0.15) is 0 Å². The molecule has 15 atom stereocenters. The van der Waals surface area contributed by atoms with Crippen LogP contribution in [0.2, 0.25) is 0 Å². The fraction of sp³-hybridized carbons (Fsp3) is 0.838. The molecule has 0 aromatic heterocycles. The lowest BCUT2D eigenvalue weighted by atomic mass is 9.45. The zero-order valence-electron chi connectivity index (χ0n) is 30.9. The summed E-state index contributed by atoms with van der Waals surface area (Å²) in [6.45, 7) is 9.23. The van der Waals surface area contributed by atoms with E-state index in [1.807, 2.05) is 0 Å². The van der Waals surface area contributed by atoms with Crippen molar-refractivity contribution in [1.29, 1.82) is 0 Å². The minimum absolute atomic E-state index is 0.0678. The molecule has 3 saturated carbocycles. The van der Waals surface area contributed by atoms with Crippen molar-refractivity contribution >= 4 is 0 Å². The van der Waals surface area contributed by atoms with Crippen LogP contribution in [-0.4, -0.2) is 143 Å². The van der Waals surface area contributed by atoms with Crippen LogP contribution in [0.25, 0.3) is 0 Å². The maximum atomic E-state index is 11.5. The standard InChI is InChI=1S/C37H62O16/c1-18-6-5-12-37(4)20(18)9-13-36(3)16-19(2)23(7-8-25(36)37)50-33(48)31(26(43)21(41)10-14-38)52-34(49)32(27(44)22(42)11-15-39)53-35-30(47)29(46)28(45)24(17-40)51-35/h18,20-25,28-30,33-35,38-49H,2,5-17H2,1,3-4H3/b31-26-,32-27-/t18-,20?,21?,22?,23?,24?,25+,28?,29?,30?,33?,34?,35?,36+,37+/m0/s1. The highest BCUT2D eigenvalue weighted by Crippen LogP contribution is 2.64. The molecule has 306 valence electrons. The van der Waals surface area contributed by atoms with Gasteiger partial charge < -0.3 is 80.2 Å². The molecule has 1 heterocycles. The third-order valence-electron chi connectivity index (χ3n) is 12.4. The molecule has 11 unspecified atom stereocenters. The normalized spacial score (nSPS) is 39.6. The van der Waals surface area contributed by atoms with E-state index in [0.717, 1.165) is 32.1 Å². The number of aliphatic hydroxyl groups excluding tert-OH is 12. The highest BCUT2D eigenvalue weighted by Gasteiger charge is 2.56. The lowest BCUT2D eigenvalue weighted by molar-refractivity contribution is -0.299. The largest absolute Gasteiger partial charge is 0.506 e. The number of fused-ring (bicyclic) bond motifs is 3. The van der Waals surface area contributed by atoms with Crippen molar-refractivity contribution in [3.05, 3.63) is 35.2 Å². The molecule has 4 rings (SSSR count). The fourth-order valence-electron chi connectivity index (χ4n) is 9.57. The highest BCUT2D eigenvalue weighted by atomic mass is 16.7. The molecule has 12 N–H and O–H groups in total. The number of ether oxygens (including phenoxy) is 4. The maximum absolute atomic E-state index is 11.5. The lowest BCUT2D eigenvalue weighted by Crippen LogP contribution is -2.59. The predicted octanol–water partition coefficient (Wildman–Crippen LogP) is 0.466. The Morgan fingerprint density at radius 1 is 0.830 bits per heavy atom. The molecule has 0 aromatic carbocycles. The van der Waals surface area contributed by atoms with E-state index in [1.165, 1.54) is 6.42 Å². The number of hydrogen-bond acceptors (Lipinski definition) is 16. The second-order valence-corrected chi connectivity index (χ2v) is 16.0. The first-order valence-corrected chi connectivity index (χ1v) is 18.7. The Balaban J connectivity index is 1.62. The van der Waals surface area contributed by atoms with Crippen molar-refractivity contribution in [2.45, 2.75) is 147 Å². The van der Waals surface area contributed by atoms with Crippen molar-refractivity contribution in [3.8, 4) is 0 Å². The van der Waals surface area contributed by atoms with Gasteiger partial charge in [0.1, 0.15) is 36.6 Å². The minimum atomic E-state index is -2.57. The third kappa shape index (κ3) is 9.33. The summed E-state index contributed by atoms with van der Waals surface area (Å²) in [6.07, 6.45) is -11.9. The van der Waals surface area contributed by atoms with Gasteiger partial charge in [-0.15, -0.1) is 0 Å². The highest BCUT2D eigenvalue weighted by molar-refractivity contribution is 5.17. The van der Waals surface area contributed by atoms with E-state index in [4.69, 9.17) is 18.9 Å². The summed E-state index contributed by atoms with van der Waals surface area (Å²) in [6, 6.07) is 0. The summed E-state index contributed by atoms with van der Waals surface area (Å²) >= 11 is 0. The molecular formula is C37H62O16. The second-order valence-electron chi connectivity index (χ2n) is 16.0. The average Bonchev–Trinajstić information content (AvgIpc) is 3.23. The Hall–Kier alpha value is -2.06. The molecular weight excluding hydrogens is 700 g/mol. The molecule has 53 heavy (non-hydrogen) atoms. The van der Waals surface area contributed by atoms with Gasteiger partial charge in [0.05, 0.1) is 12.7 Å². The van der Waals surface area contributed by atoms with Crippen molar-refractivity contribution in [3.63, 3.8) is 0 Å². The smallest absolute Gasteiger partial charge is 0.259 e. The van der Waals surface area contributed by atoms with E-state index in [0.29, 0.717) is 36.2 Å². The summed E-state index contributed by atoms with van der Waals surface area (Å²) in [5.41, 5.74) is 0.753. The van der Waals surface area contributed by atoms with Crippen molar-refractivity contribution in [2.75, 3.05) is 19.8 Å². The first-order chi connectivity index (χ1) is 24.9. The number of rotatable bonds is 15. The summed E-state index contributed by atoms with van der Waals surface area (Å²) in [5.74, 6) is -2.69. The Morgan fingerprint density at radius 2 is 1.45 bits per heavy atom. The van der Waals surface area contributed by atoms with Crippen LogP contribution in [0, 0.1) is 28.6 Å². The second kappa shape index (κ2) is 18.3. The monoisotopic (exact) mass is 762 g/mol. The molecule has 0 amide bonds. The SMILES string of the molecule is C=C1C[C@@]2(C)CCC3[C@@H](C)CCC[C@@]3(C)[C@@H]2CCC1OC(O)/C(OC(O)/C(OC1OC(CO)C(O)C(O)C1O)=C(/O)C(O)CCO)=C(/O)C(O)CCO. The zero-order chi connectivity index (χ0) is 39.4. The topological polar surface area (TPSA) is 280 Å². The summed E-state index contributed by atoms with van der Waals surface area (Å²) in [4.78, 5) is 0. The number of hydrogen-bond donors (Lipinski definition) is 12. The molecule has 1 saturated heterocycles. The van der Waals surface area contributed by atoms with Crippen LogP contribution in [0.15, 0.2) is 35.2 Å². The molecule has 4 fully saturated rings. The molecule has 0 radical (unpaired) electrons. The summed E-state index contributed by atoms with van der Waals surface area (Å²) in [7, 11) is 0. The van der Waals surface area contributed by atoms with Crippen molar-refractivity contribution in [1.82, 2.24) is 0 Å². The molecule has 16 heteroatoms. The van der Waals surface area contributed by atoms with Crippen LogP contribution in [-0.2, 0) is 18.9 Å². The molecule has 0 spiro atoms. The van der Waals surface area contributed by atoms with Crippen LogP contribution < -0.4 is 0 Å². The van der Waals surface area contributed by atoms with Gasteiger partial charge in [-0.3, -0.25) is 0 Å². The van der Waals surface area contributed by atoms with E-state index in [9.17, 15) is 61.3 Å². The van der Waals surface area contributed by atoms with Gasteiger partial charge in [-0.1, -0.05) is 40.2 Å². The van der Waals surface area contributed by atoms with Gasteiger partial charge in [0.15, 0.2) is 17.3 Å². The molecule has 0 bridgehead atoms. The number of aliphatic hydroxyl groups is 12. The van der Waals surface area contributed by atoms with Crippen LogP contribution in [0.5, 0.6) is 0 Å². The first-order valence-electron chi connectivity index (χ1n) is 18.7. The van der Waals surface area contributed by atoms with Gasteiger partial charge in [-0.05, 0) is 72.7 Å². The first kappa shape index (κ1) is 43.7. The molecule has 3 aliphatic carbocycles. The van der Waals surface area contributed by atoms with Crippen LogP contribution in [0.3, 0.4) is 0 Å². The van der Waals surface area contributed by atoms with Crippen LogP contribution in [0.1, 0.15) is 85.0 Å². The predicted molar refractivity (Wildman–Crippen MR) is 186 cm³/mol. The third-order valence-corrected chi connectivity index (χ3v) is 12.4. The molecule has 0 aromatic rings. The lowest BCUT2D eigenvalue weighted by Gasteiger charge is -2.60. The summed E-state index contributed by atoms with van der Waals surface area (Å²) in [5, 5.41) is 125. The summed E-state index contributed by atoms with van der Waals surface area (Å²) < 4.78 is 22.3. The van der Waals surface area contributed by atoms with E-state index in [1.54, 1.807) is 0 Å². The average molecular weight is 763 g/mol. The minimum Gasteiger partial charge on any atom is -0.506 e. The zero-order valence-corrected chi connectivity index (χ0v) is 30.9. The van der Waals surface area contributed by atoms with Gasteiger partial charge in [0.2, 0.25) is 18.3 Å². The molecule has 4 aliphatic rings. The van der Waals surface area contributed by atoms with E-state index in [-0.39, 0.29) is 10.8 Å². The van der Waals surface area contributed by atoms with E-state index >= 15 is 0 Å².